The molecule has 1 unspecified atom stereocenters. The van der Waals surface area contributed by atoms with Crippen molar-refractivity contribution in [1.29, 1.82) is 0 Å². The van der Waals surface area contributed by atoms with Crippen molar-refractivity contribution in [2.75, 3.05) is 13.1 Å². The molecule has 3 heterocycles. The Morgan fingerprint density at radius 2 is 1.87 bits per heavy atom. The monoisotopic (exact) mass is 451 g/mol. The number of carbonyl (C=O) groups is 2. The van der Waals surface area contributed by atoms with E-state index in [-0.39, 0.29) is 24.4 Å². The first-order valence-electron chi connectivity index (χ1n) is 10.2. The maximum Gasteiger partial charge on any atom is 0.416 e. The molecule has 0 saturated carbocycles. The van der Waals surface area contributed by atoms with Gasteiger partial charge in [-0.2, -0.15) is 24.5 Å². The molecule has 2 aliphatic heterocycles. The van der Waals surface area contributed by atoms with Crippen LogP contribution in [-0.4, -0.2) is 40.4 Å². The van der Waals surface area contributed by atoms with Crippen LogP contribution in [0.5, 0.6) is 0 Å². The van der Waals surface area contributed by atoms with Crippen LogP contribution in [0.4, 0.5) is 18.0 Å². The molecule has 0 aliphatic carbocycles. The Balaban J connectivity index is 1.37. The van der Waals surface area contributed by atoms with E-state index in [2.05, 4.69) is 10.2 Å². The molecule has 2 aliphatic rings. The molecule has 1 N–H and O–H groups in total. The Morgan fingerprint density at radius 3 is 2.52 bits per heavy atom. The largest absolute Gasteiger partial charge is 0.416 e. The molecule has 2 aromatic rings. The summed E-state index contributed by atoms with van der Waals surface area (Å²) in [6.45, 7) is 3.79. The van der Waals surface area contributed by atoms with Crippen molar-refractivity contribution < 1.29 is 22.8 Å². The smallest absolute Gasteiger partial charge is 0.323 e. The van der Waals surface area contributed by atoms with Gasteiger partial charge >= 0.3 is 12.2 Å². The number of rotatable bonds is 5. The number of nitrogens with zero attached hydrogens (tertiary/aromatic N) is 2. The third kappa shape index (κ3) is 4.48. The number of halogens is 3. The van der Waals surface area contributed by atoms with Crippen LogP contribution in [0, 0.1) is 5.92 Å². The normalized spacial score (nSPS) is 23.4. The summed E-state index contributed by atoms with van der Waals surface area (Å²) in [5.41, 5.74) is -0.0484. The third-order valence-electron chi connectivity index (χ3n) is 6.29. The highest BCUT2D eigenvalue weighted by molar-refractivity contribution is 7.07. The van der Waals surface area contributed by atoms with Crippen molar-refractivity contribution in [2.45, 2.75) is 44.6 Å². The second kappa shape index (κ2) is 8.27. The molecule has 1 atom stereocenters. The summed E-state index contributed by atoms with van der Waals surface area (Å²) >= 11 is 1.52. The average molecular weight is 452 g/mol. The number of likely N-dealkylation sites (tertiary alicyclic amines) is 1. The lowest BCUT2D eigenvalue weighted by Gasteiger charge is -2.39. The van der Waals surface area contributed by atoms with Gasteiger partial charge in [0.1, 0.15) is 5.54 Å². The van der Waals surface area contributed by atoms with Gasteiger partial charge in [-0.25, -0.2) is 4.79 Å². The van der Waals surface area contributed by atoms with Crippen LogP contribution < -0.4 is 5.32 Å². The van der Waals surface area contributed by atoms with E-state index in [1.165, 1.54) is 28.4 Å². The standard InChI is InChI=1S/C22H24F3N3O2S/c1-21(19(29)28(20(30)26-21)13-16-7-10-31-14-16)17-5-8-27(9-6-17)12-15-3-2-4-18(11-15)22(23,24)25/h2-4,7,10-11,14,17H,5-6,8-9,12-13H2,1H3,(H,26,30). The highest BCUT2D eigenvalue weighted by Gasteiger charge is 2.52. The highest BCUT2D eigenvalue weighted by atomic mass is 32.1. The lowest BCUT2D eigenvalue weighted by atomic mass is 9.79. The Bertz CT molecular complexity index is 955. The second-order valence-corrected chi connectivity index (χ2v) is 9.18. The van der Waals surface area contributed by atoms with Crippen molar-refractivity contribution in [1.82, 2.24) is 15.1 Å². The van der Waals surface area contributed by atoms with Gasteiger partial charge in [-0.15, -0.1) is 0 Å². The Morgan fingerprint density at radius 1 is 1.13 bits per heavy atom. The fraction of sp³-hybridized carbons (Fsp3) is 0.455. The van der Waals surface area contributed by atoms with Crippen molar-refractivity contribution in [2.24, 2.45) is 5.92 Å². The van der Waals surface area contributed by atoms with Gasteiger partial charge in [0.15, 0.2) is 0 Å². The first-order chi connectivity index (χ1) is 14.7. The molecule has 4 rings (SSSR count). The molecular weight excluding hydrogens is 427 g/mol. The molecule has 0 radical (unpaired) electrons. The van der Waals surface area contributed by atoms with Crippen molar-refractivity contribution in [3.8, 4) is 0 Å². The van der Waals surface area contributed by atoms with Crippen LogP contribution in [0.25, 0.3) is 0 Å². The number of carbonyl (C=O) groups excluding carboxylic acids is 2. The zero-order chi connectivity index (χ0) is 22.2. The van der Waals surface area contributed by atoms with Gasteiger partial charge in [-0.05, 0) is 72.8 Å². The number of amides is 3. The van der Waals surface area contributed by atoms with Gasteiger partial charge in [0.2, 0.25) is 0 Å². The number of hydrogen-bond acceptors (Lipinski definition) is 4. The van der Waals surface area contributed by atoms with E-state index >= 15 is 0 Å². The first kappa shape index (κ1) is 21.8. The third-order valence-corrected chi connectivity index (χ3v) is 7.02. The Hall–Kier alpha value is -2.39. The van der Waals surface area contributed by atoms with Crippen molar-refractivity contribution in [3.63, 3.8) is 0 Å². The number of hydrogen-bond donors (Lipinski definition) is 1. The van der Waals surface area contributed by atoms with Crippen LogP contribution in [0.1, 0.15) is 36.5 Å². The zero-order valence-corrected chi connectivity index (χ0v) is 17.9. The van der Waals surface area contributed by atoms with E-state index in [4.69, 9.17) is 0 Å². The summed E-state index contributed by atoms with van der Waals surface area (Å²) in [6, 6.07) is 6.92. The molecule has 3 amide bonds. The van der Waals surface area contributed by atoms with Gasteiger partial charge in [0, 0.05) is 6.54 Å². The van der Waals surface area contributed by atoms with Gasteiger partial charge in [-0.3, -0.25) is 14.6 Å². The predicted molar refractivity (Wildman–Crippen MR) is 111 cm³/mol. The fourth-order valence-corrected chi connectivity index (χ4v) is 5.13. The average Bonchev–Trinajstić information content (AvgIpc) is 3.31. The molecule has 1 aromatic carbocycles. The minimum absolute atomic E-state index is 0.0193. The van der Waals surface area contributed by atoms with E-state index in [0.717, 1.165) is 11.6 Å². The summed E-state index contributed by atoms with van der Waals surface area (Å²) in [7, 11) is 0. The van der Waals surface area contributed by atoms with E-state index in [1.54, 1.807) is 13.0 Å². The predicted octanol–water partition coefficient (Wildman–Crippen LogP) is 4.49. The van der Waals surface area contributed by atoms with Crippen molar-refractivity contribution in [3.05, 3.63) is 57.8 Å². The number of piperidine rings is 1. The minimum Gasteiger partial charge on any atom is -0.323 e. The van der Waals surface area contributed by atoms with Gasteiger partial charge < -0.3 is 5.32 Å². The summed E-state index contributed by atoms with van der Waals surface area (Å²) in [4.78, 5) is 28.9. The zero-order valence-electron chi connectivity index (χ0n) is 17.1. The number of alkyl halides is 3. The van der Waals surface area contributed by atoms with Gasteiger partial charge in [0.25, 0.3) is 5.91 Å². The quantitative estimate of drug-likeness (QED) is 0.682. The second-order valence-electron chi connectivity index (χ2n) is 8.40. The fourth-order valence-electron chi connectivity index (χ4n) is 4.47. The van der Waals surface area contributed by atoms with E-state index in [0.29, 0.717) is 38.0 Å². The highest BCUT2D eigenvalue weighted by Crippen LogP contribution is 2.35. The molecule has 9 heteroatoms. The Kier molecular flexibility index (Phi) is 5.83. The molecule has 2 saturated heterocycles. The van der Waals surface area contributed by atoms with Crippen LogP contribution >= 0.6 is 11.3 Å². The minimum atomic E-state index is -4.35. The Labute approximate surface area is 182 Å². The molecule has 1 aromatic heterocycles. The summed E-state index contributed by atoms with van der Waals surface area (Å²) in [5.74, 6) is -0.228. The topological polar surface area (TPSA) is 52.7 Å². The lowest BCUT2D eigenvalue weighted by molar-refractivity contribution is -0.137. The molecule has 31 heavy (non-hydrogen) atoms. The number of imide groups is 1. The van der Waals surface area contributed by atoms with E-state index in [1.807, 2.05) is 16.8 Å². The molecule has 2 fully saturated rings. The van der Waals surface area contributed by atoms with Gasteiger partial charge in [0.05, 0.1) is 12.1 Å². The summed E-state index contributed by atoms with van der Waals surface area (Å²) in [6.07, 6.45) is -2.98. The number of thiophene rings is 1. The van der Waals surface area contributed by atoms with Crippen LogP contribution in [0.2, 0.25) is 0 Å². The van der Waals surface area contributed by atoms with Gasteiger partial charge in [-0.1, -0.05) is 18.2 Å². The van der Waals surface area contributed by atoms with Crippen LogP contribution in [0.15, 0.2) is 41.1 Å². The summed E-state index contributed by atoms with van der Waals surface area (Å²) < 4.78 is 38.8. The summed E-state index contributed by atoms with van der Waals surface area (Å²) in [5, 5.41) is 6.73. The number of nitrogens with one attached hydrogen (secondary N) is 1. The van der Waals surface area contributed by atoms with Crippen LogP contribution in [0.3, 0.4) is 0 Å². The van der Waals surface area contributed by atoms with E-state index in [9.17, 15) is 22.8 Å². The number of benzene rings is 1. The molecule has 0 bridgehead atoms. The van der Waals surface area contributed by atoms with Crippen molar-refractivity contribution >= 4 is 23.3 Å². The van der Waals surface area contributed by atoms with Crippen LogP contribution in [-0.2, 0) is 24.1 Å². The molecule has 5 nitrogen and oxygen atoms in total. The SMILES string of the molecule is CC1(C2CCN(Cc3cccc(C(F)(F)F)c3)CC2)NC(=O)N(Cc2ccsc2)C1=O. The molecule has 0 spiro atoms. The van der Waals surface area contributed by atoms with E-state index < -0.39 is 17.3 Å². The molecular formula is C22H24F3N3O2S. The lowest BCUT2D eigenvalue weighted by Crippen LogP contribution is -2.53. The number of urea groups is 1. The molecule has 166 valence electrons. The maximum absolute atomic E-state index is 13.1. The first-order valence-corrected chi connectivity index (χ1v) is 11.1. The maximum atomic E-state index is 13.1.